The summed E-state index contributed by atoms with van der Waals surface area (Å²) in [6.07, 6.45) is 0. The third kappa shape index (κ3) is 34.2. The Labute approximate surface area is 778 Å². The molecule has 4 amide bonds. The molecule has 6 aliphatic rings. The number of carboxylic acid groups (broad SMARTS) is 2. The van der Waals surface area contributed by atoms with E-state index in [1.165, 1.54) is 116 Å². The number of aromatic carboxylic acids is 2. The number of esters is 2. The van der Waals surface area contributed by atoms with E-state index in [4.69, 9.17) is 16.7 Å². The minimum atomic E-state index is -1.18. The summed E-state index contributed by atoms with van der Waals surface area (Å²) < 4.78 is 76.2. The summed E-state index contributed by atoms with van der Waals surface area (Å²) in [7, 11) is 2.48. The molecule has 0 saturated carbocycles. The largest absolute Gasteiger partial charge is 1.00 e. The maximum Gasteiger partial charge on any atom is 1.00 e. The first-order valence-corrected chi connectivity index (χ1v) is 42.4. The monoisotopic (exact) mass is 1820 g/mol. The number of nitrogens with zero attached hydrogens (tertiary/aromatic N) is 14. The molecule has 16 rings (SSSR count). The van der Waals surface area contributed by atoms with E-state index in [9.17, 15) is 60.3 Å². The van der Waals surface area contributed by atoms with Crippen LogP contribution in [-0.2, 0) is 35.7 Å². The van der Waals surface area contributed by atoms with E-state index >= 15 is 0 Å². The Bertz CT molecular complexity index is 5220. The third-order valence-corrected chi connectivity index (χ3v) is 21.5. The van der Waals surface area contributed by atoms with Gasteiger partial charge < -0.3 is 70.3 Å². The molecular formula is C96H112F5LiN16O14. The van der Waals surface area contributed by atoms with Gasteiger partial charge in [-0.1, -0.05) is 109 Å². The molecule has 30 nitrogen and oxygen atoms in total. The Kier molecular flexibility index (Phi) is 44.9. The number of para-hydroxylation sites is 2. The number of anilines is 2. The van der Waals surface area contributed by atoms with Gasteiger partial charge in [0.25, 0.3) is 23.6 Å². The van der Waals surface area contributed by atoms with Gasteiger partial charge in [0.2, 0.25) is 0 Å². The minimum absolute atomic E-state index is 0. The fourth-order valence-corrected chi connectivity index (χ4v) is 14.5. The van der Waals surface area contributed by atoms with E-state index in [0.29, 0.717) is 83.4 Å². The second kappa shape index (κ2) is 56.7. The molecule has 36 heteroatoms. The number of pyridine rings is 4. The summed E-state index contributed by atoms with van der Waals surface area (Å²) in [5.41, 5.74) is 7.59. The van der Waals surface area contributed by atoms with Crippen molar-refractivity contribution in [3.63, 3.8) is 0 Å². The van der Waals surface area contributed by atoms with E-state index < -0.39 is 31.0 Å². The number of methoxy groups -OCH3 is 2. The van der Waals surface area contributed by atoms with Crippen molar-refractivity contribution in [3.05, 3.63) is 322 Å². The van der Waals surface area contributed by atoms with Crippen LogP contribution in [0.15, 0.2) is 231 Å². The van der Waals surface area contributed by atoms with Gasteiger partial charge >= 0.3 is 42.7 Å². The topological polar surface area (TPSA) is 354 Å². The number of nitrogens with one attached hydrogen (secondary N) is 2. The molecule has 0 spiro atoms. The van der Waals surface area contributed by atoms with Gasteiger partial charge in [-0.3, -0.25) is 43.2 Å². The second-order valence-corrected chi connectivity index (χ2v) is 30.2. The fraction of sp³-hybridized carbons (Fsp3) is 0.333. The molecule has 0 aliphatic carbocycles. The van der Waals surface area contributed by atoms with Crippen molar-refractivity contribution in [2.24, 2.45) is 0 Å². The molecule has 10 aromatic rings. The Morgan fingerprint density at radius 1 is 0.318 bits per heavy atom. The molecule has 696 valence electrons. The van der Waals surface area contributed by atoms with E-state index in [-0.39, 0.29) is 105 Å². The maximum absolute atomic E-state index is 13.1. The van der Waals surface area contributed by atoms with Crippen LogP contribution < -0.4 is 39.3 Å². The van der Waals surface area contributed by atoms with Crippen molar-refractivity contribution in [1.82, 2.24) is 69.8 Å². The van der Waals surface area contributed by atoms with Crippen molar-refractivity contribution in [2.75, 3.05) is 195 Å². The molecule has 6 aliphatic heterocycles. The third-order valence-electron chi connectivity index (χ3n) is 21.5. The smallest absolute Gasteiger partial charge is 0.870 e. The number of ether oxygens (including phenoxy) is 2. The number of hydrogen-bond acceptors (Lipinski definition) is 24. The first-order chi connectivity index (χ1) is 63.5. The summed E-state index contributed by atoms with van der Waals surface area (Å²) in [5, 5.41) is 31.2. The van der Waals surface area contributed by atoms with Crippen LogP contribution in [-0.4, -0.2) is 313 Å². The predicted octanol–water partition coefficient (Wildman–Crippen LogP) is 6.90. The van der Waals surface area contributed by atoms with E-state index in [1.54, 1.807) is 81.4 Å². The molecule has 132 heavy (non-hydrogen) atoms. The number of aliphatic hydroxyl groups is 1. The van der Waals surface area contributed by atoms with Crippen LogP contribution in [0.3, 0.4) is 0 Å². The number of hydrogen-bond donors (Lipinski definition) is 5. The normalized spacial score (nSPS) is 15.1. The number of halogens is 5. The molecule has 6 saturated heterocycles. The van der Waals surface area contributed by atoms with Gasteiger partial charge in [-0.05, 0) is 144 Å². The predicted molar refractivity (Wildman–Crippen MR) is 484 cm³/mol. The quantitative estimate of drug-likeness (QED) is 0.0331. The summed E-state index contributed by atoms with van der Waals surface area (Å²) >= 11 is 0. The van der Waals surface area contributed by atoms with Crippen LogP contribution in [0.25, 0.3) is 0 Å². The number of amides is 4. The fourth-order valence-electron chi connectivity index (χ4n) is 14.5. The molecule has 0 atom stereocenters. The van der Waals surface area contributed by atoms with Crippen molar-refractivity contribution >= 4 is 58.9 Å². The molecule has 10 heterocycles. The van der Waals surface area contributed by atoms with E-state index in [1.807, 2.05) is 35.2 Å². The molecule has 0 unspecified atom stereocenters. The van der Waals surface area contributed by atoms with Crippen LogP contribution in [0.1, 0.15) is 108 Å². The van der Waals surface area contributed by atoms with Gasteiger partial charge in [0, 0.05) is 202 Å². The Morgan fingerprint density at radius 2 is 0.538 bits per heavy atom. The second-order valence-electron chi connectivity index (χ2n) is 30.2. The number of carboxylic acids is 2. The molecule has 6 N–H and O–H groups in total. The molecule has 6 fully saturated rings. The van der Waals surface area contributed by atoms with Gasteiger partial charge in [0.1, 0.15) is 68.8 Å². The van der Waals surface area contributed by atoms with Gasteiger partial charge in [-0.25, -0.2) is 56.7 Å². The zero-order valence-corrected chi connectivity index (χ0v) is 74.5. The number of alkyl halides is 1. The average molecular weight is 1820 g/mol. The molecule has 4 aromatic heterocycles. The number of benzene rings is 6. The average Bonchev–Trinajstić information content (AvgIpc) is 0.818. The zero-order valence-electron chi connectivity index (χ0n) is 75.5. The summed E-state index contributed by atoms with van der Waals surface area (Å²) in [6, 6.07) is 65.3. The number of piperazine rings is 6. The van der Waals surface area contributed by atoms with Crippen molar-refractivity contribution in [2.45, 2.75) is 26.2 Å². The number of aliphatic hydroxyl groups excluding tert-OH is 1. The maximum atomic E-state index is 13.1. The first kappa shape index (κ1) is 105. The Balaban J connectivity index is 0.000000224. The summed E-state index contributed by atoms with van der Waals surface area (Å²) in [5.74, 6) is -5.19. The zero-order chi connectivity index (χ0) is 93.8. The molecule has 0 bridgehead atoms. The van der Waals surface area contributed by atoms with Gasteiger partial charge in [0.15, 0.2) is 0 Å². The van der Waals surface area contributed by atoms with Crippen LogP contribution in [0.2, 0.25) is 0 Å². The SMILES string of the molecule is CO.COC(=O)c1cccc(C(=O)N2CCN(Cc3ccc(F)cc3)CC2)n1.COC(=O)c1cccc(C(=O)O)n1.Fc1ccc(CN2CCNCC2)cc1.O=C(O)c1cccc(C(=O)N2CCN(Cc3ccc(F)cc3)CC2)n1.O=C(c1cccc(C(=O)N2CCN(c3ccccc3)CC2)n1)N1CCN(Cc2ccc(F)cc2)CC1.[2H]CF.[Li+].[OH-].c1ccc(N2CCNCC2)cc1. The standard InChI is InChI=1S/C28H30FN5O2.C19H20FN3O3.C18H18FN3O3.C11H15FN2.C10H14N2.C8H7NO4.CH3F.CH4O.Li.H2O/c29-23-11-9-22(10-12-23)21-31-13-15-33(16-14-31)27(35)25-7-4-8-26(30-25)28(36)34-19-17-32(18-20-34)24-5-2-1-3-6-24;1-26-19(25)17-4-2-3-16(21-17)18(24)23-11-9-22(10-12-23)13-14-5-7-15(20)8-6-14;19-14-6-4-13(5-7-14)12-21-8-10-22(11-9-21)17(23)15-2-1-3-16(20-15)18(24)25;12-11-3-1-10(2-4-11)9-14-7-5-13-6-8-14;1-2-4-10(5-3-1)12-8-6-11-7-9-12;1-13-8(12)6-4-2-3-5(9-6)7(10)11;2*1-2;;/h1-12H,13-21H2;2-8H,9-13H2,1H3;1-7H,8-12H2,(H,24,25);1-4,13H,5-9H2;1-5,11H,6-9H2;2-4H,1H3,(H,10,11);1H3;2H,1H3;;1H2/q;;;;;;;;+1;/p-1/i;;;;;;1D;;;. The van der Waals surface area contributed by atoms with Crippen molar-refractivity contribution in [1.29, 1.82) is 0 Å². The summed E-state index contributed by atoms with van der Waals surface area (Å²) in [6.45, 7) is 22.3. The van der Waals surface area contributed by atoms with Crippen LogP contribution in [0.4, 0.5) is 33.3 Å². The Hall–Kier alpha value is -12.8. The van der Waals surface area contributed by atoms with Gasteiger partial charge in [-0.15, -0.1) is 0 Å². The number of carbonyl (C=O) groups is 8. The van der Waals surface area contributed by atoms with E-state index in [0.717, 1.165) is 141 Å². The summed E-state index contributed by atoms with van der Waals surface area (Å²) in [4.78, 5) is 132. The van der Waals surface area contributed by atoms with Gasteiger partial charge in [0.05, 0.1) is 22.7 Å². The van der Waals surface area contributed by atoms with Crippen LogP contribution in [0.5, 0.6) is 0 Å². The van der Waals surface area contributed by atoms with Crippen LogP contribution >= 0.6 is 0 Å². The number of carbonyl (C=O) groups excluding carboxylic acids is 6. The number of rotatable bonds is 18. The molecule has 6 aromatic carbocycles. The van der Waals surface area contributed by atoms with Crippen molar-refractivity contribution in [3.8, 4) is 0 Å². The van der Waals surface area contributed by atoms with Crippen molar-refractivity contribution < 1.29 is 111 Å². The van der Waals surface area contributed by atoms with Crippen LogP contribution in [0, 0.1) is 23.3 Å². The van der Waals surface area contributed by atoms with E-state index in [2.05, 4.69) is 112 Å². The minimum Gasteiger partial charge on any atom is -0.870 e. The first-order valence-electron chi connectivity index (χ1n) is 43.1. The molecule has 0 radical (unpaired) electrons. The number of aromatic nitrogens is 4. The molecular weight excluding hydrogens is 1700 g/mol. The van der Waals surface area contributed by atoms with Gasteiger partial charge in [-0.2, -0.15) is 0 Å². The Morgan fingerprint density at radius 3 is 0.811 bits per heavy atom.